The second-order valence-electron chi connectivity index (χ2n) is 5.69. The Morgan fingerprint density at radius 3 is 2.65 bits per heavy atom. The first-order chi connectivity index (χ1) is 10.6. The number of nitrogens with two attached hydrogens (primary N) is 1. The molecule has 0 aliphatic rings. The van der Waals surface area contributed by atoms with E-state index in [1.54, 1.807) is 58.2 Å². The highest BCUT2D eigenvalue weighted by Gasteiger charge is 2.20. The van der Waals surface area contributed by atoms with Gasteiger partial charge >= 0.3 is 6.09 Å². The molecule has 0 radical (unpaired) electrons. The summed E-state index contributed by atoms with van der Waals surface area (Å²) in [5.41, 5.74) is 8.14. The number of nitriles is 1. The van der Waals surface area contributed by atoms with Crippen LogP contribution >= 0.6 is 0 Å². The van der Waals surface area contributed by atoms with Gasteiger partial charge in [0, 0.05) is 12.7 Å². The van der Waals surface area contributed by atoms with Gasteiger partial charge < -0.3 is 10.5 Å². The number of carbonyl (C=O) groups excluding carboxylic acids is 1. The first-order valence-electron chi connectivity index (χ1n) is 6.79. The smallest absolute Gasteiger partial charge is 0.414 e. The lowest BCUT2D eigenvalue weighted by atomic mass is 10.2. The summed E-state index contributed by atoms with van der Waals surface area (Å²) >= 11 is 0. The fraction of sp³-hybridized carbons (Fsp3) is 0.333. The van der Waals surface area contributed by atoms with E-state index in [4.69, 9.17) is 21.1 Å². The lowest BCUT2D eigenvalue weighted by Gasteiger charge is -2.24. The van der Waals surface area contributed by atoms with Crippen molar-refractivity contribution in [3.8, 4) is 6.07 Å². The Hall–Kier alpha value is -3.08. The average molecular weight is 316 g/mol. The van der Waals surface area contributed by atoms with Gasteiger partial charge in [0.1, 0.15) is 11.7 Å². The van der Waals surface area contributed by atoms with Crippen molar-refractivity contribution < 1.29 is 9.53 Å². The van der Waals surface area contributed by atoms with Crippen molar-refractivity contribution in [2.45, 2.75) is 26.4 Å². The lowest BCUT2D eigenvalue weighted by Crippen LogP contribution is -2.34. The Kier molecular flexibility index (Phi) is 5.68. The maximum atomic E-state index is 12.0. The zero-order valence-electron chi connectivity index (χ0n) is 13.5. The molecule has 0 heterocycles. The quantitative estimate of drug-likeness (QED) is 0.446. The molecule has 1 rings (SSSR count). The Balaban J connectivity index is 2.91. The van der Waals surface area contributed by atoms with Crippen LogP contribution in [0.15, 0.2) is 29.4 Å². The van der Waals surface area contributed by atoms with E-state index in [1.807, 2.05) is 0 Å². The van der Waals surface area contributed by atoms with Crippen molar-refractivity contribution in [2.75, 3.05) is 17.4 Å². The number of ether oxygens (including phenoxy) is 1. The van der Waals surface area contributed by atoms with Gasteiger partial charge in [-0.3, -0.25) is 15.7 Å². The molecule has 4 N–H and O–H groups in total. The SMILES string of the molecule is CN(C(=O)OC(C)(C)C)c1cccc(N/N=C(\C#N)C(=N)N)c1. The molecule has 0 aliphatic carbocycles. The fourth-order valence-electron chi connectivity index (χ4n) is 1.49. The third kappa shape index (κ3) is 5.67. The highest BCUT2D eigenvalue weighted by molar-refractivity contribution is 6.45. The van der Waals surface area contributed by atoms with Gasteiger partial charge in [-0.25, -0.2) is 4.79 Å². The third-order valence-electron chi connectivity index (χ3n) is 2.56. The van der Waals surface area contributed by atoms with Crippen LogP contribution in [0.2, 0.25) is 0 Å². The first kappa shape index (κ1) is 18.0. The summed E-state index contributed by atoms with van der Waals surface area (Å²) in [6.07, 6.45) is -0.486. The summed E-state index contributed by atoms with van der Waals surface area (Å²) in [6, 6.07) is 8.51. The van der Waals surface area contributed by atoms with E-state index in [0.29, 0.717) is 11.4 Å². The fourth-order valence-corrected chi connectivity index (χ4v) is 1.49. The van der Waals surface area contributed by atoms with Crippen LogP contribution in [0.4, 0.5) is 16.2 Å². The van der Waals surface area contributed by atoms with Crippen LogP contribution in [-0.2, 0) is 4.74 Å². The molecule has 1 amide bonds. The van der Waals surface area contributed by atoms with Crippen molar-refractivity contribution in [3.05, 3.63) is 24.3 Å². The molecule has 0 saturated heterocycles. The molecular weight excluding hydrogens is 296 g/mol. The second kappa shape index (κ2) is 7.26. The van der Waals surface area contributed by atoms with Crippen LogP contribution in [0.25, 0.3) is 0 Å². The number of anilines is 2. The van der Waals surface area contributed by atoms with E-state index < -0.39 is 17.5 Å². The molecule has 8 nitrogen and oxygen atoms in total. The van der Waals surface area contributed by atoms with Gasteiger partial charge in [0.2, 0.25) is 5.71 Å². The van der Waals surface area contributed by atoms with E-state index in [2.05, 4.69) is 10.5 Å². The van der Waals surface area contributed by atoms with Gasteiger partial charge in [0.15, 0.2) is 5.84 Å². The molecule has 1 aromatic rings. The van der Waals surface area contributed by atoms with Crippen molar-refractivity contribution in [1.82, 2.24) is 0 Å². The number of hydrogen-bond acceptors (Lipinski definition) is 6. The highest BCUT2D eigenvalue weighted by atomic mass is 16.6. The van der Waals surface area contributed by atoms with Crippen LogP contribution < -0.4 is 16.1 Å². The van der Waals surface area contributed by atoms with E-state index >= 15 is 0 Å². The molecule has 1 aromatic carbocycles. The lowest BCUT2D eigenvalue weighted by molar-refractivity contribution is 0.0589. The molecule has 23 heavy (non-hydrogen) atoms. The highest BCUT2D eigenvalue weighted by Crippen LogP contribution is 2.20. The summed E-state index contributed by atoms with van der Waals surface area (Å²) in [7, 11) is 1.59. The summed E-state index contributed by atoms with van der Waals surface area (Å²) in [4.78, 5) is 13.4. The van der Waals surface area contributed by atoms with E-state index in [-0.39, 0.29) is 5.71 Å². The second-order valence-corrected chi connectivity index (χ2v) is 5.69. The molecule has 0 spiro atoms. The molecule has 8 heteroatoms. The molecule has 0 fully saturated rings. The van der Waals surface area contributed by atoms with Crippen LogP contribution in [0, 0.1) is 16.7 Å². The van der Waals surface area contributed by atoms with E-state index in [1.165, 1.54) is 4.90 Å². The van der Waals surface area contributed by atoms with Crippen molar-refractivity contribution in [3.63, 3.8) is 0 Å². The normalized spacial score (nSPS) is 11.3. The Bertz CT molecular complexity index is 669. The number of rotatable bonds is 4. The van der Waals surface area contributed by atoms with Crippen molar-refractivity contribution in [1.29, 1.82) is 10.7 Å². The average Bonchev–Trinajstić information content (AvgIpc) is 2.45. The predicted octanol–water partition coefficient (Wildman–Crippen LogP) is 2.29. The van der Waals surface area contributed by atoms with Gasteiger partial charge in [-0.15, -0.1) is 0 Å². The van der Waals surface area contributed by atoms with Crippen molar-refractivity contribution in [2.24, 2.45) is 10.8 Å². The van der Waals surface area contributed by atoms with Gasteiger partial charge in [0.05, 0.1) is 5.69 Å². The van der Waals surface area contributed by atoms with Gasteiger partial charge in [-0.05, 0) is 39.0 Å². The maximum absolute atomic E-state index is 12.0. The van der Waals surface area contributed by atoms with Crippen LogP contribution in [0.5, 0.6) is 0 Å². The Labute approximate surface area is 135 Å². The minimum atomic E-state index is -0.589. The van der Waals surface area contributed by atoms with Crippen molar-refractivity contribution >= 4 is 29.0 Å². The van der Waals surface area contributed by atoms with Crippen LogP contribution in [0.1, 0.15) is 20.8 Å². The summed E-state index contributed by atoms with van der Waals surface area (Å²) < 4.78 is 5.29. The monoisotopic (exact) mass is 316 g/mol. The zero-order valence-corrected chi connectivity index (χ0v) is 13.5. The molecule has 0 saturated carbocycles. The number of benzene rings is 1. The number of amidine groups is 1. The molecule has 0 unspecified atom stereocenters. The number of nitrogens with one attached hydrogen (secondary N) is 2. The third-order valence-corrected chi connectivity index (χ3v) is 2.56. The molecular formula is C15H20N6O2. The molecule has 122 valence electrons. The minimum Gasteiger partial charge on any atom is -0.443 e. The topological polar surface area (TPSA) is 128 Å². The van der Waals surface area contributed by atoms with Crippen LogP contribution in [-0.4, -0.2) is 30.3 Å². The number of carbonyl (C=O) groups is 1. The molecule has 0 bridgehead atoms. The van der Waals surface area contributed by atoms with Gasteiger partial charge in [-0.1, -0.05) is 6.07 Å². The van der Waals surface area contributed by atoms with E-state index in [0.717, 1.165) is 0 Å². The summed E-state index contributed by atoms with van der Waals surface area (Å²) in [5, 5.41) is 19.7. The predicted molar refractivity (Wildman–Crippen MR) is 89.7 cm³/mol. The standard InChI is InChI=1S/C15H20N6O2/c1-15(2,3)23-14(22)21(4)11-7-5-6-10(8-11)19-20-12(9-16)13(17)18/h5-8,19H,1-4H3,(H3,17,18)/b20-12+. The largest absolute Gasteiger partial charge is 0.443 e. The number of hydrazone groups is 1. The molecule has 0 aliphatic heterocycles. The number of hydrogen-bond donors (Lipinski definition) is 3. The molecule has 0 atom stereocenters. The molecule has 0 aromatic heterocycles. The zero-order chi connectivity index (χ0) is 17.6. The summed E-state index contributed by atoms with van der Waals surface area (Å²) in [6.45, 7) is 5.36. The van der Waals surface area contributed by atoms with Gasteiger partial charge in [-0.2, -0.15) is 10.4 Å². The Morgan fingerprint density at radius 2 is 2.13 bits per heavy atom. The summed E-state index contributed by atoms with van der Waals surface area (Å²) in [5.74, 6) is -0.429. The number of nitrogens with zero attached hydrogens (tertiary/aromatic N) is 3. The van der Waals surface area contributed by atoms with Crippen LogP contribution in [0.3, 0.4) is 0 Å². The Morgan fingerprint density at radius 1 is 1.48 bits per heavy atom. The maximum Gasteiger partial charge on any atom is 0.414 e. The van der Waals surface area contributed by atoms with E-state index in [9.17, 15) is 4.79 Å². The number of amides is 1. The van der Waals surface area contributed by atoms with Gasteiger partial charge in [0.25, 0.3) is 0 Å². The first-order valence-corrected chi connectivity index (χ1v) is 6.79. The minimum absolute atomic E-state index is 0.226.